The molecule has 4 N–H and O–H groups in total. The molecule has 0 radical (unpaired) electrons. The highest BCUT2D eigenvalue weighted by atomic mass is 16.3. The van der Waals surface area contributed by atoms with Crippen LogP contribution in [0.2, 0.25) is 0 Å². The normalized spacial score (nSPS) is 20.2. The number of hydrogen-bond donors (Lipinski definition) is 3. The highest BCUT2D eigenvalue weighted by Crippen LogP contribution is 2.40. The lowest BCUT2D eigenvalue weighted by atomic mass is 9.83. The van der Waals surface area contributed by atoms with Crippen molar-refractivity contribution in [3.63, 3.8) is 0 Å². The van der Waals surface area contributed by atoms with Crippen molar-refractivity contribution < 1.29 is 9.90 Å². The third-order valence-corrected chi connectivity index (χ3v) is 3.88. The minimum atomic E-state index is -0.382. The van der Waals surface area contributed by atoms with Gasteiger partial charge in [-0.3, -0.25) is 4.79 Å². The Hall–Kier alpha value is -0.610. The molecule has 1 atom stereocenters. The fourth-order valence-electron chi connectivity index (χ4n) is 2.73. The monoisotopic (exact) mass is 242 g/mol. The third-order valence-electron chi connectivity index (χ3n) is 3.88. The Balaban J connectivity index is 2.39. The first-order valence-electron chi connectivity index (χ1n) is 6.78. The van der Waals surface area contributed by atoms with Gasteiger partial charge in [0, 0.05) is 13.2 Å². The van der Waals surface area contributed by atoms with Crippen LogP contribution in [0, 0.1) is 5.41 Å². The van der Waals surface area contributed by atoms with E-state index in [1.807, 2.05) is 6.92 Å². The number of aliphatic hydroxyl groups excluding tert-OH is 1. The maximum absolute atomic E-state index is 11.7. The van der Waals surface area contributed by atoms with Crippen LogP contribution < -0.4 is 11.1 Å². The average Bonchev–Trinajstić information content (AvgIpc) is 2.76. The SMILES string of the molecule is CCCC(N)C(=O)NCC1(CCO)CCCC1. The number of amides is 1. The van der Waals surface area contributed by atoms with Crippen LogP contribution in [0.25, 0.3) is 0 Å². The largest absolute Gasteiger partial charge is 0.396 e. The molecule has 0 aromatic heterocycles. The van der Waals surface area contributed by atoms with Crippen LogP contribution in [0.1, 0.15) is 51.9 Å². The molecule has 1 aliphatic carbocycles. The van der Waals surface area contributed by atoms with Crippen molar-refractivity contribution in [1.29, 1.82) is 0 Å². The molecule has 0 aromatic rings. The second kappa shape index (κ2) is 6.97. The molecule has 1 rings (SSSR count). The van der Waals surface area contributed by atoms with Crippen molar-refractivity contribution in [3.05, 3.63) is 0 Å². The first-order chi connectivity index (χ1) is 8.13. The van der Waals surface area contributed by atoms with Crippen LogP contribution in [0.3, 0.4) is 0 Å². The lowest BCUT2D eigenvalue weighted by Gasteiger charge is -2.29. The zero-order valence-corrected chi connectivity index (χ0v) is 10.9. The fourth-order valence-corrected chi connectivity index (χ4v) is 2.73. The summed E-state index contributed by atoms with van der Waals surface area (Å²) in [6.07, 6.45) is 7.08. The standard InChI is InChI=1S/C13H26N2O2/c1-2-5-11(14)12(17)15-10-13(8-9-16)6-3-4-7-13/h11,16H,2-10,14H2,1H3,(H,15,17). The first-order valence-corrected chi connectivity index (χ1v) is 6.78. The molecule has 1 unspecified atom stereocenters. The summed E-state index contributed by atoms with van der Waals surface area (Å²) in [5.41, 5.74) is 5.89. The van der Waals surface area contributed by atoms with E-state index in [1.54, 1.807) is 0 Å². The van der Waals surface area contributed by atoms with E-state index in [0.29, 0.717) is 6.54 Å². The molecule has 17 heavy (non-hydrogen) atoms. The zero-order valence-electron chi connectivity index (χ0n) is 10.9. The summed E-state index contributed by atoms with van der Waals surface area (Å²) in [6.45, 7) is 2.90. The van der Waals surface area contributed by atoms with Gasteiger partial charge in [0.05, 0.1) is 6.04 Å². The van der Waals surface area contributed by atoms with Gasteiger partial charge in [-0.1, -0.05) is 26.2 Å². The minimum Gasteiger partial charge on any atom is -0.396 e. The van der Waals surface area contributed by atoms with Gasteiger partial charge in [0.1, 0.15) is 0 Å². The quantitative estimate of drug-likeness (QED) is 0.627. The van der Waals surface area contributed by atoms with E-state index in [9.17, 15) is 4.79 Å². The van der Waals surface area contributed by atoms with Crippen LogP contribution in [-0.2, 0) is 4.79 Å². The van der Waals surface area contributed by atoms with Crippen molar-refractivity contribution in [2.24, 2.45) is 11.1 Å². The predicted molar refractivity (Wildman–Crippen MR) is 68.5 cm³/mol. The molecule has 0 heterocycles. The molecular weight excluding hydrogens is 216 g/mol. The van der Waals surface area contributed by atoms with E-state index < -0.39 is 0 Å². The van der Waals surface area contributed by atoms with E-state index in [2.05, 4.69) is 5.32 Å². The summed E-state index contributed by atoms with van der Waals surface area (Å²) in [6, 6.07) is -0.382. The predicted octanol–water partition coefficient (Wildman–Crippen LogP) is 1.17. The molecule has 4 heteroatoms. The van der Waals surface area contributed by atoms with Crippen LogP contribution >= 0.6 is 0 Å². The van der Waals surface area contributed by atoms with Gasteiger partial charge in [-0.2, -0.15) is 0 Å². The Morgan fingerprint density at radius 2 is 2.12 bits per heavy atom. The number of hydrogen-bond acceptors (Lipinski definition) is 3. The second-order valence-electron chi connectivity index (χ2n) is 5.29. The molecular formula is C13H26N2O2. The zero-order chi connectivity index (χ0) is 12.7. The van der Waals surface area contributed by atoms with Gasteiger partial charge in [0.2, 0.25) is 5.91 Å². The Morgan fingerprint density at radius 3 is 2.65 bits per heavy atom. The van der Waals surface area contributed by atoms with Crippen molar-refractivity contribution in [2.45, 2.75) is 57.9 Å². The highest BCUT2D eigenvalue weighted by Gasteiger charge is 2.33. The fraction of sp³-hybridized carbons (Fsp3) is 0.923. The summed E-state index contributed by atoms with van der Waals surface area (Å²) < 4.78 is 0. The number of nitrogens with two attached hydrogens (primary N) is 1. The van der Waals surface area contributed by atoms with Gasteiger partial charge in [0.15, 0.2) is 0 Å². The minimum absolute atomic E-state index is 0.0453. The summed E-state index contributed by atoms with van der Waals surface area (Å²) in [5, 5.41) is 12.1. The molecule has 0 saturated heterocycles. The van der Waals surface area contributed by atoms with Crippen LogP contribution in [-0.4, -0.2) is 30.2 Å². The molecule has 4 nitrogen and oxygen atoms in total. The van der Waals surface area contributed by atoms with Gasteiger partial charge in [-0.05, 0) is 31.1 Å². The van der Waals surface area contributed by atoms with E-state index in [0.717, 1.165) is 32.1 Å². The van der Waals surface area contributed by atoms with Crippen LogP contribution in [0.15, 0.2) is 0 Å². The number of aliphatic hydroxyl groups is 1. The Kier molecular flexibility index (Phi) is 5.92. The van der Waals surface area contributed by atoms with Gasteiger partial charge >= 0.3 is 0 Å². The third kappa shape index (κ3) is 4.28. The summed E-state index contributed by atoms with van der Waals surface area (Å²) >= 11 is 0. The molecule has 0 aliphatic heterocycles. The Morgan fingerprint density at radius 1 is 1.47 bits per heavy atom. The topological polar surface area (TPSA) is 75.4 Å². The van der Waals surface area contributed by atoms with Crippen LogP contribution in [0.4, 0.5) is 0 Å². The molecule has 1 aliphatic rings. The molecule has 0 aromatic carbocycles. The van der Waals surface area contributed by atoms with Crippen LogP contribution in [0.5, 0.6) is 0 Å². The number of carbonyl (C=O) groups excluding carboxylic acids is 1. The Labute approximate surface area is 104 Å². The van der Waals surface area contributed by atoms with E-state index >= 15 is 0 Å². The van der Waals surface area contributed by atoms with Gasteiger partial charge in [-0.25, -0.2) is 0 Å². The lowest BCUT2D eigenvalue weighted by Crippen LogP contribution is -2.45. The maximum atomic E-state index is 11.7. The summed E-state index contributed by atoms with van der Waals surface area (Å²) in [7, 11) is 0. The van der Waals surface area contributed by atoms with E-state index in [4.69, 9.17) is 10.8 Å². The van der Waals surface area contributed by atoms with Gasteiger partial charge in [0.25, 0.3) is 0 Å². The van der Waals surface area contributed by atoms with E-state index in [-0.39, 0.29) is 24.0 Å². The number of carbonyl (C=O) groups is 1. The molecule has 0 bridgehead atoms. The average molecular weight is 242 g/mol. The first kappa shape index (κ1) is 14.5. The highest BCUT2D eigenvalue weighted by molar-refractivity contribution is 5.81. The smallest absolute Gasteiger partial charge is 0.236 e. The summed E-state index contributed by atoms with van der Waals surface area (Å²) in [5.74, 6) is -0.0453. The van der Waals surface area contributed by atoms with Gasteiger partial charge in [-0.15, -0.1) is 0 Å². The van der Waals surface area contributed by atoms with E-state index in [1.165, 1.54) is 12.8 Å². The lowest BCUT2D eigenvalue weighted by molar-refractivity contribution is -0.123. The van der Waals surface area contributed by atoms with Crippen molar-refractivity contribution in [3.8, 4) is 0 Å². The van der Waals surface area contributed by atoms with Crippen molar-refractivity contribution >= 4 is 5.91 Å². The molecule has 100 valence electrons. The van der Waals surface area contributed by atoms with Gasteiger partial charge < -0.3 is 16.2 Å². The molecule has 0 spiro atoms. The number of nitrogens with one attached hydrogen (secondary N) is 1. The maximum Gasteiger partial charge on any atom is 0.236 e. The molecule has 1 amide bonds. The summed E-state index contributed by atoms with van der Waals surface area (Å²) in [4.78, 5) is 11.7. The molecule has 1 saturated carbocycles. The number of rotatable bonds is 7. The molecule has 1 fully saturated rings. The Bertz CT molecular complexity index is 238. The van der Waals surface area contributed by atoms with Crippen molar-refractivity contribution in [2.75, 3.05) is 13.2 Å². The second-order valence-corrected chi connectivity index (χ2v) is 5.29. The van der Waals surface area contributed by atoms with Crippen molar-refractivity contribution in [1.82, 2.24) is 5.32 Å².